The second-order valence-electron chi connectivity index (χ2n) is 6.82. The summed E-state index contributed by atoms with van der Waals surface area (Å²) in [6.07, 6.45) is -0.880. The number of benzene rings is 2. The maximum Gasteiger partial charge on any atom is 0.266 e. The van der Waals surface area contributed by atoms with E-state index in [1.165, 1.54) is 22.5 Å². The zero-order valence-corrected chi connectivity index (χ0v) is 20.2. The number of thiocarbonyl (C=S) groups is 1. The van der Waals surface area contributed by atoms with Gasteiger partial charge in [0, 0.05) is 23.8 Å². The van der Waals surface area contributed by atoms with Crippen LogP contribution in [0.3, 0.4) is 0 Å². The summed E-state index contributed by atoms with van der Waals surface area (Å²) in [5.74, 6) is -0.172. The molecule has 1 heterocycles. The van der Waals surface area contributed by atoms with Crippen molar-refractivity contribution in [2.75, 3.05) is 31.6 Å². The molecule has 0 bridgehead atoms. The topological polar surface area (TPSA) is 97.0 Å². The fraction of sp³-hybridized carbons (Fsp3) is 0.300. The largest absolute Gasteiger partial charge is 0.479 e. The highest BCUT2D eigenvalue weighted by atomic mass is 35.5. The number of ether oxygens (including phenoxy) is 2. The molecule has 2 N–H and O–H groups in total. The smallest absolute Gasteiger partial charge is 0.266 e. The quantitative estimate of drug-likeness (QED) is 0.567. The summed E-state index contributed by atoms with van der Waals surface area (Å²) in [7, 11) is -3.59. The van der Waals surface area contributed by atoms with Gasteiger partial charge in [0.25, 0.3) is 5.91 Å². The molecule has 0 radical (unpaired) electrons. The SMILES string of the molecule is C[C@@H](Oc1ccc(Cl)cc1Cl)C(=O)NC(=S)Nc1ccc(S(=O)(=O)N2CCOCC2)cc1. The minimum absolute atomic E-state index is 0.0384. The van der Waals surface area contributed by atoms with E-state index in [1.54, 1.807) is 31.2 Å². The molecule has 1 fully saturated rings. The average molecular weight is 518 g/mol. The lowest BCUT2D eigenvalue weighted by molar-refractivity contribution is -0.125. The predicted octanol–water partition coefficient (Wildman–Crippen LogP) is 3.29. The molecule has 2 aromatic carbocycles. The van der Waals surface area contributed by atoms with Crippen molar-refractivity contribution < 1.29 is 22.7 Å². The first-order chi connectivity index (χ1) is 15.2. The Hall–Kier alpha value is -1.95. The van der Waals surface area contributed by atoms with Crippen molar-refractivity contribution >= 4 is 62.2 Å². The lowest BCUT2D eigenvalue weighted by Crippen LogP contribution is -2.42. The van der Waals surface area contributed by atoms with Crippen LogP contribution in [0, 0.1) is 0 Å². The molecular formula is C20H21Cl2N3O5S2. The molecule has 8 nitrogen and oxygen atoms in total. The lowest BCUT2D eigenvalue weighted by Gasteiger charge is -2.26. The van der Waals surface area contributed by atoms with Gasteiger partial charge in [0.05, 0.1) is 23.1 Å². The highest BCUT2D eigenvalue weighted by Gasteiger charge is 2.26. The third-order valence-electron chi connectivity index (χ3n) is 4.52. The first kappa shape index (κ1) is 24.7. The Morgan fingerprint density at radius 1 is 1.16 bits per heavy atom. The van der Waals surface area contributed by atoms with Gasteiger partial charge in [-0.25, -0.2) is 8.42 Å². The number of anilines is 1. The molecule has 0 aromatic heterocycles. The van der Waals surface area contributed by atoms with E-state index in [0.717, 1.165) is 0 Å². The van der Waals surface area contributed by atoms with Crippen LogP contribution in [0.1, 0.15) is 6.92 Å². The molecule has 32 heavy (non-hydrogen) atoms. The molecular weight excluding hydrogens is 497 g/mol. The normalized spacial score (nSPS) is 15.6. The maximum atomic E-state index is 12.7. The zero-order chi connectivity index (χ0) is 23.3. The molecule has 3 rings (SSSR count). The van der Waals surface area contributed by atoms with Crippen LogP contribution in [-0.2, 0) is 19.6 Å². The first-order valence-corrected chi connectivity index (χ1v) is 12.2. The number of amides is 1. The van der Waals surface area contributed by atoms with E-state index in [1.807, 2.05) is 0 Å². The molecule has 0 spiro atoms. The summed E-state index contributed by atoms with van der Waals surface area (Å²) in [6, 6.07) is 10.8. The molecule has 0 aliphatic carbocycles. The van der Waals surface area contributed by atoms with E-state index in [0.29, 0.717) is 42.8 Å². The van der Waals surface area contributed by atoms with Gasteiger partial charge in [-0.3, -0.25) is 10.1 Å². The zero-order valence-electron chi connectivity index (χ0n) is 17.0. The molecule has 0 unspecified atom stereocenters. The van der Waals surface area contributed by atoms with E-state index in [-0.39, 0.29) is 15.0 Å². The summed E-state index contributed by atoms with van der Waals surface area (Å²) >= 11 is 17.1. The highest BCUT2D eigenvalue weighted by Crippen LogP contribution is 2.28. The lowest BCUT2D eigenvalue weighted by atomic mass is 10.3. The number of halogens is 2. The first-order valence-electron chi connectivity index (χ1n) is 9.58. The van der Waals surface area contributed by atoms with Gasteiger partial charge in [-0.2, -0.15) is 4.31 Å². The van der Waals surface area contributed by atoms with Crippen LogP contribution in [0.2, 0.25) is 10.0 Å². The maximum absolute atomic E-state index is 12.7. The van der Waals surface area contributed by atoms with E-state index >= 15 is 0 Å². The van der Waals surface area contributed by atoms with Gasteiger partial charge in [0.1, 0.15) is 5.75 Å². The average Bonchev–Trinajstić information content (AvgIpc) is 2.76. The minimum Gasteiger partial charge on any atom is -0.479 e. The van der Waals surface area contributed by atoms with Crippen molar-refractivity contribution in [2.45, 2.75) is 17.9 Å². The number of hydrogen-bond acceptors (Lipinski definition) is 6. The standard InChI is InChI=1S/C20H21Cl2N3O5S2/c1-13(30-18-7-2-14(21)12-17(18)22)19(26)24-20(31)23-15-3-5-16(6-4-15)32(27,28)25-8-10-29-11-9-25/h2-7,12-13H,8-11H2,1H3,(H2,23,24,26,31)/t13-/m1/s1. The molecule has 1 aliphatic rings. The van der Waals surface area contributed by atoms with Gasteiger partial charge in [-0.1, -0.05) is 23.2 Å². The molecule has 1 atom stereocenters. The van der Waals surface area contributed by atoms with Crippen LogP contribution in [0.5, 0.6) is 5.75 Å². The van der Waals surface area contributed by atoms with Crippen LogP contribution in [-0.4, -0.2) is 56.1 Å². The Labute approximate surface area is 201 Å². The van der Waals surface area contributed by atoms with Crippen molar-refractivity contribution in [3.63, 3.8) is 0 Å². The van der Waals surface area contributed by atoms with Crippen molar-refractivity contribution in [3.8, 4) is 5.75 Å². The van der Waals surface area contributed by atoms with Crippen LogP contribution in [0.25, 0.3) is 0 Å². The van der Waals surface area contributed by atoms with E-state index < -0.39 is 22.0 Å². The fourth-order valence-corrected chi connectivity index (χ4v) is 4.92. The number of morpholine rings is 1. The molecule has 1 saturated heterocycles. The highest BCUT2D eigenvalue weighted by molar-refractivity contribution is 7.89. The number of sulfonamides is 1. The fourth-order valence-electron chi connectivity index (χ4n) is 2.84. The summed E-state index contributed by atoms with van der Waals surface area (Å²) in [5.41, 5.74) is 0.519. The summed E-state index contributed by atoms with van der Waals surface area (Å²) in [5, 5.41) is 6.14. The van der Waals surface area contributed by atoms with Crippen LogP contribution in [0.15, 0.2) is 47.4 Å². The second-order valence-corrected chi connectivity index (χ2v) is 10.0. The summed E-state index contributed by atoms with van der Waals surface area (Å²) < 4.78 is 37.5. The number of rotatable bonds is 6. The van der Waals surface area contributed by atoms with Crippen LogP contribution in [0.4, 0.5) is 5.69 Å². The summed E-state index contributed by atoms with van der Waals surface area (Å²) in [4.78, 5) is 12.5. The Balaban J connectivity index is 1.55. The Bertz CT molecular complexity index is 1090. The Kier molecular flexibility index (Phi) is 8.32. The van der Waals surface area contributed by atoms with Gasteiger partial charge in [0.15, 0.2) is 11.2 Å². The molecule has 172 valence electrons. The van der Waals surface area contributed by atoms with Crippen molar-refractivity contribution in [2.24, 2.45) is 0 Å². The van der Waals surface area contributed by atoms with Gasteiger partial charge in [-0.15, -0.1) is 0 Å². The predicted molar refractivity (Wildman–Crippen MR) is 127 cm³/mol. The van der Waals surface area contributed by atoms with Crippen molar-refractivity contribution in [1.29, 1.82) is 0 Å². The minimum atomic E-state index is -3.59. The van der Waals surface area contributed by atoms with E-state index in [2.05, 4.69) is 10.6 Å². The second kappa shape index (κ2) is 10.8. The van der Waals surface area contributed by atoms with Gasteiger partial charge >= 0.3 is 0 Å². The molecule has 12 heteroatoms. The number of nitrogens with zero attached hydrogens (tertiary/aromatic N) is 1. The van der Waals surface area contributed by atoms with Gasteiger partial charge < -0.3 is 14.8 Å². The Morgan fingerprint density at radius 3 is 2.44 bits per heavy atom. The van der Waals surface area contributed by atoms with Crippen LogP contribution >= 0.6 is 35.4 Å². The monoisotopic (exact) mass is 517 g/mol. The third-order valence-corrected chi connectivity index (χ3v) is 7.17. The van der Waals surface area contributed by atoms with E-state index in [9.17, 15) is 13.2 Å². The van der Waals surface area contributed by atoms with Gasteiger partial charge in [0.2, 0.25) is 10.0 Å². The van der Waals surface area contributed by atoms with Crippen LogP contribution < -0.4 is 15.4 Å². The molecule has 2 aromatic rings. The van der Waals surface area contributed by atoms with E-state index in [4.69, 9.17) is 44.9 Å². The third kappa shape index (κ3) is 6.31. The molecule has 0 saturated carbocycles. The molecule has 1 aliphatic heterocycles. The van der Waals surface area contributed by atoms with Crippen molar-refractivity contribution in [3.05, 3.63) is 52.5 Å². The number of nitrogens with one attached hydrogen (secondary N) is 2. The number of carbonyl (C=O) groups is 1. The number of hydrogen-bond donors (Lipinski definition) is 2. The van der Waals surface area contributed by atoms with Gasteiger partial charge in [-0.05, 0) is 61.6 Å². The molecule has 1 amide bonds. The van der Waals surface area contributed by atoms with Crippen molar-refractivity contribution in [1.82, 2.24) is 9.62 Å². The number of carbonyl (C=O) groups excluding carboxylic acids is 1. The Morgan fingerprint density at radius 2 is 1.81 bits per heavy atom. The summed E-state index contributed by atoms with van der Waals surface area (Å²) in [6.45, 7) is 2.94.